The van der Waals surface area contributed by atoms with Crippen molar-refractivity contribution in [3.63, 3.8) is 0 Å². The Bertz CT molecular complexity index is 862. The molecule has 0 amide bonds. The molecule has 4 nitrogen and oxygen atoms in total. The van der Waals surface area contributed by atoms with Crippen molar-refractivity contribution < 1.29 is 36.6 Å². The number of unbranched alkanes of at least 4 members (excludes halogenated alkanes) is 11. The minimum atomic E-state index is -2.03. The summed E-state index contributed by atoms with van der Waals surface area (Å²) >= 11 is 0. The van der Waals surface area contributed by atoms with E-state index in [0.717, 1.165) is 63.9 Å². The number of esters is 2. The van der Waals surface area contributed by atoms with Crippen molar-refractivity contribution in [1.29, 1.82) is 0 Å². The Balaban J connectivity index is 2.06. The van der Waals surface area contributed by atoms with E-state index in [0.29, 0.717) is 12.8 Å². The highest BCUT2D eigenvalue weighted by Crippen LogP contribution is 2.31. The second-order valence-electron chi connectivity index (χ2n) is 10.0. The molecule has 0 radical (unpaired) electrons. The number of benzene rings is 1. The largest absolute Gasteiger partial charge is 0.460 e. The number of halogens is 4. The van der Waals surface area contributed by atoms with Gasteiger partial charge in [0.15, 0.2) is 17.4 Å². The van der Waals surface area contributed by atoms with E-state index in [1.165, 1.54) is 12.8 Å². The van der Waals surface area contributed by atoms with E-state index in [9.17, 15) is 27.2 Å². The standard InChI is InChI=1S/C28H40F4O4/c1-5-20-23(29)24(30)25(31)26(32)27(20)35-21(33)18-16-14-12-10-8-6-7-9-11-13-15-17-19-22(34)36-28(2,3)4/h5H,1,6-19H2,2-4H3. The van der Waals surface area contributed by atoms with Gasteiger partial charge in [0.25, 0.3) is 0 Å². The predicted molar refractivity (Wildman–Crippen MR) is 132 cm³/mol. The van der Waals surface area contributed by atoms with E-state index in [-0.39, 0.29) is 12.4 Å². The lowest BCUT2D eigenvalue weighted by Crippen LogP contribution is -2.23. The van der Waals surface area contributed by atoms with Crippen LogP contribution in [0.4, 0.5) is 17.6 Å². The number of carbonyl (C=O) groups is 2. The second kappa shape index (κ2) is 16.4. The average Bonchev–Trinajstić information content (AvgIpc) is 2.80. The number of carbonyl (C=O) groups excluding carboxylic acids is 2. The molecule has 0 N–H and O–H groups in total. The molecule has 0 heterocycles. The van der Waals surface area contributed by atoms with Gasteiger partial charge >= 0.3 is 11.9 Å². The maximum absolute atomic E-state index is 13.9. The Morgan fingerprint density at radius 1 is 0.667 bits per heavy atom. The van der Waals surface area contributed by atoms with Crippen LogP contribution in [0.2, 0.25) is 0 Å². The van der Waals surface area contributed by atoms with Crippen LogP contribution in [0.25, 0.3) is 6.08 Å². The van der Waals surface area contributed by atoms with Gasteiger partial charge in [-0.1, -0.05) is 76.9 Å². The monoisotopic (exact) mass is 516 g/mol. The van der Waals surface area contributed by atoms with Crippen molar-refractivity contribution in [3.05, 3.63) is 35.4 Å². The van der Waals surface area contributed by atoms with E-state index in [1.807, 2.05) is 20.8 Å². The summed E-state index contributed by atoms with van der Waals surface area (Å²) in [5, 5.41) is 0. The molecule has 0 spiro atoms. The van der Waals surface area contributed by atoms with Crippen LogP contribution < -0.4 is 4.74 Å². The first kappa shape index (κ1) is 31.6. The van der Waals surface area contributed by atoms with E-state index in [2.05, 4.69) is 6.58 Å². The number of rotatable bonds is 17. The molecule has 204 valence electrons. The highest BCUT2D eigenvalue weighted by molar-refractivity contribution is 5.74. The molecule has 1 rings (SSSR count). The highest BCUT2D eigenvalue weighted by Gasteiger charge is 2.26. The van der Waals surface area contributed by atoms with Crippen LogP contribution in [0.3, 0.4) is 0 Å². The summed E-state index contributed by atoms with van der Waals surface area (Å²) < 4.78 is 64.4. The quantitative estimate of drug-likeness (QED) is 0.0519. The lowest BCUT2D eigenvalue weighted by Gasteiger charge is -2.19. The maximum Gasteiger partial charge on any atom is 0.311 e. The van der Waals surface area contributed by atoms with Crippen LogP contribution in [-0.2, 0) is 14.3 Å². The predicted octanol–water partition coefficient (Wildman–Crippen LogP) is 8.59. The van der Waals surface area contributed by atoms with Crippen LogP contribution in [0, 0.1) is 23.3 Å². The van der Waals surface area contributed by atoms with Gasteiger partial charge in [-0.15, -0.1) is 0 Å². The smallest absolute Gasteiger partial charge is 0.311 e. The Morgan fingerprint density at radius 3 is 1.47 bits per heavy atom. The zero-order chi connectivity index (χ0) is 27.1. The normalized spacial score (nSPS) is 11.4. The third kappa shape index (κ3) is 12.0. The van der Waals surface area contributed by atoms with E-state index in [1.54, 1.807) is 0 Å². The first-order valence-corrected chi connectivity index (χ1v) is 12.9. The third-order valence-electron chi connectivity index (χ3n) is 5.61. The maximum atomic E-state index is 13.9. The van der Waals surface area contributed by atoms with Crippen molar-refractivity contribution in [2.24, 2.45) is 0 Å². The molecule has 0 aliphatic carbocycles. The summed E-state index contributed by atoms with van der Waals surface area (Å²) in [6.45, 7) is 8.83. The van der Waals surface area contributed by atoms with Gasteiger partial charge in [-0.25, -0.2) is 13.2 Å². The van der Waals surface area contributed by atoms with Crippen LogP contribution in [-0.4, -0.2) is 17.5 Å². The minimum absolute atomic E-state index is 0.0371. The molecule has 0 fully saturated rings. The van der Waals surface area contributed by atoms with Gasteiger partial charge in [-0.05, 0) is 33.6 Å². The summed E-state index contributed by atoms with van der Waals surface area (Å²) in [6, 6.07) is 0. The van der Waals surface area contributed by atoms with Gasteiger partial charge in [0.1, 0.15) is 5.60 Å². The van der Waals surface area contributed by atoms with E-state index < -0.39 is 46.2 Å². The molecule has 0 aliphatic heterocycles. The first-order chi connectivity index (χ1) is 17.0. The van der Waals surface area contributed by atoms with Gasteiger partial charge in [-0.3, -0.25) is 9.59 Å². The number of hydrogen-bond acceptors (Lipinski definition) is 4. The molecule has 0 bridgehead atoms. The van der Waals surface area contributed by atoms with Crippen molar-refractivity contribution in [2.75, 3.05) is 0 Å². The summed E-state index contributed by atoms with van der Waals surface area (Å²) in [7, 11) is 0. The van der Waals surface area contributed by atoms with Crippen molar-refractivity contribution in [1.82, 2.24) is 0 Å². The Hall–Kier alpha value is -2.38. The van der Waals surface area contributed by atoms with E-state index in [4.69, 9.17) is 9.47 Å². The zero-order valence-electron chi connectivity index (χ0n) is 21.8. The molecule has 0 saturated heterocycles. The topological polar surface area (TPSA) is 52.6 Å². The van der Waals surface area contributed by atoms with Gasteiger partial charge in [-0.2, -0.15) is 4.39 Å². The zero-order valence-corrected chi connectivity index (χ0v) is 21.8. The van der Waals surface area contributed by atoms with Gasteiger partial charge in [0.2, 0.25) is 11.6 Å². The Kier molecular flexibility index (Phi) is 14.4. The molecule has 0 atom stereocenters. The molecule has 36 heavy (non-hydrogen) atoms. The van der Waals surface area contributed by atoms with Crippen molar-refractivity contribution in [2.45, 2.75) is 116 Å². The SMILES string of the molecule is C=Cc1c(F)c(F)c(F)c(F)c1OC(=O)CCCCCCCCCCCCCCC(=O)OC(C)(C)C. The third-order valence-corrected chi connectivity index (χ3v) is 5.61. The first-order valence-electron chi connectivity index (χ1n) is 12.9. The fourth-order valence-electron chi connectivity index (χ4n) is 3.77. The van der Waals surface area contributed by atoms with Gasteiger partial charge in [0.05, 0.1) is 5.56 Å². The summed E-state index contributed by atoms with van der Waals surface area (Å²) in [5.41, 5.74) is -1.14. The van der Waals surface area contributed by atoms with Crippen molar-refractivity contribution in [3.8, 4) is 5.75 Å². The highest BCUT2D eigenvalue weighted by atomic mass is 19.2. The molecule has 1 aromatic rings. The number of hydrogen-bond donors (Lipinski definition) is 0. The Labute approximate surface area is 212 Å². The second-order valence-corrected chi connectivity index (χ2v) is 10.0. The van der Waals surface area contributed by atoms with Crippen LogP contribution in [0.15, 0.2) is 6.58 Å². The molecule has 0 saturated carbocycles. The van der Waals surface area contributed by atoms with Crippen molar-refractivity contribution >= 4 is 18.0 Å². The lowest BCUT2D eigenvalue weighted by atomic mass is 10.0. The molecule has 0 unspecified atom stereocenters. The molecular weight excluding hydrogens is 476 g/mol. The summed E-state index contributed by atoms with van der Waals surface area (Å²) in [5.74, 6) is -9.35. The Morgan fingerprint density at radius 2 is 1.06 bits per heavy atom. The molecule has 8 heteroatoms. The summed E-state index contributed by atoms with van der Waals surface area (Å²) in [6.07, 6.45) is 13.2. The van der Waals surface area contributed by atoms with Crippen LogP contribution in [0.5, 0.6) is 5.75 Å². The number of ether oxygens (including phenoxy) is 2. The van der Waals surface area contributed by atoms with E-state index >= 15 is 0 Å². The fourth-order valence-corrected chi connectivity index (χ4v) is 3.77. The average molecular weight is 517 g/mol. The molecule has 0 aliphatic rings. The fraction of sp³-hybridized carbons (Fsp3) is 0.643. The molecule has 1 aromatic carbocycles. The van der Waals surface area contributed by atoms with Gasteiger partial charge in [0, 0.05) is 12.8 Å². The lowest BCUT2D eigenvalue weighted by molar-refractivity contribution is -0.155. The molecular formula is C28H40F4O4. The van der Waals surface area contributed by atoms with Crippen LogP contribution >= 0.6 is 0 Å². The molecule has 0 aromatic heterocycles. The summed E-state index contributed by atoms with van der Waals surface area (Å²) in [4.78, 5) is 23.6. The van der Waals surface area contributed by atoms with Crippen LogP contribution in [0.1, 0.15) is 116 Å². The van der Waals surface area contributed by atoms with Gasteiger partial charge < -0.3 is 9.47 Å². The minimum Gasteiger partial charge on any atom is -0.460 e.